The third-order valence-corrected chi connectivity index (χ3v) is 4.23. The van der Waals surface area contributed by atoms with E-state index in [0.717, 1.165) is 4.90 Å². The zero-order chi connectivity index (χ0) is 18.8. The van der Waals surface area contributed by atoms with Crippen molar-refractivity contribution >= 4 is 34.2 Å². The van der Waals surface area contributed by atoms with Crippen LogP contribution in [0.2, 0.25) is 0 Å². The number of hydrogen-bond acceptors (Lipinski definition) is 6. The van der Waals surface area contributed by atoms with Crippen LogP contribution in [-0.2, 0) is 9.53 Å². The number of ether oxygens (including phenoxy) is 1. The first kappa shape index (κ1) is 17.5. The molecule has 0 atom stereocenters. The SMILES string of the molecule is CCOC(=O)CCCN1C(=O)c2cccc3c([N+](=O)[O-])ccc(c23)C1=O. The summed E-state index contributed by atoms with van der Waals surface area (Å²) in [6.07, 6.45) is 0.386. The molecule has 0 aromatic heterocycles. The number of benzene rings is 2. The van der Waals surface area contributed by atoms with Crippen molar-refractivity contribution in [1.29, 1.82) is 0 Å². The largest absolute Gasteiger partial charge is 0.466 e. The molecule has 3 rings (SSSR count). The number of nitro benzene ring substituents is 1. The first-order valence-electron chi connectivity index (χ1n) is 8.17. The van der Waals surface area contributed by atoms with Gasteiger partial charge in [-0.25, -0.2) is 0 Å². The second-order valence-corrected chi connectivity index (χ2v) is 5.79. The normalized spacial score (nSPS) is 13.2. The molecule has 8 nitrogen and oxygen atoms in total. The van der Waals surface area contributed by atoms with Crippen LogP contribution in [0.3, 0.4) is 0 Å². The predicted octanol–water partition coefficient (Wildman–Crippen LogP) is 2.69. The van der Waals surface area contributed by atoms with Gasteiger partial charge in [-0.3, -0.25) is 29.4 Å². The van der Waals surface area contributed by atoms with Crippen LogP contribution >= 0.6 is 0 Å². The maximum atomic E-state index is 12.7. The number of non-ortho nitro benzene ring substituents is 1. The third-order valence-electron chi connectivity index (χ3n) is 4.23. The van der Waals surface area contributed by atoms with Gasteiger partial charge >= 0.3 is 5.97 Å². The zero-order valence-corrected chi connectivity index (χ0v) is 14.1. The van der Waals surface area contributed by atoms with Crippen LogP contribution in [0.4, 0.5) is 5.69 Å². The molecular weight excluding hydrogens is 340 g/mol. The maximum absolute atomic E-state index is 12.7. The quantitative estimate of drug-likeness (QED) is 0.341. The summed E-state index contributed by atoms with van der Waals surface area (Å²) in [6, 6.07) is 7.27. The third kappa shape index (κ3) is 2.90. The number of carbonyl (C=O) groups is 3. The van der Waals surface area contributed by atoms with Gasteiger partial charge in [0, 0.05) is 35.5 Å². The number of hydrogen-bond donors (Lipinski definition) is 0. The minimum Gasteiger partial charge on any atom is -0.466 e. The molecule has 0 aliphatic carbocycles. The van der Waals surface area contributed by atoms with Crippen molar-refractivity contribution in [3.63, 3.8) is 0 Å². The van der Waals surface area contributed by atoms with Crippen LogP contribution in [0, 0.1) is 10.1 Å². The summed E-state index contributed by atoms with van der Waals surface area (Å²) in [5.41, 5.74) is 0.343. The lowest BCUT2D eigenvalue weighted by Gasteiger charge is -2.27. The fourth-order valence-corrected chi connectivity index (χ4v) is 3.11. The first-order chi connectivity index (χ1) is 12.5. The fourth-order valence-electron chi connectivity index (χ4n) is 3.11. The van der Waals surface area contributed by atoms with Gasteiger partial charge in [-0.2, -0.15) is 0 Å². The Bertz CT molecular complexity index is 914. The standard InChI is InChI=1S/C18H16N2O6/c1-2-26-15(21)7-4-10-19-17(22)12-6-3-5-11-14(20(24)25)9-8-13(16(11)12)18(19)23/h3,5-6,8-9H,2,4,7,10H2,1H3. The molecule has 1 heterocycles. The fraction of sp³-hybridized carbons (Fsp3) is 0.278. The Kier molecular flexibility index (Phi) is 4.66. The Balaban J connectivity index is 1.94. The monoisotopic (exact) mass is 356 g/mol. The molecule has 2 amide bonds. The number of rotatable bonds is 6. The molecule has 0 bridgehead atoms. The van der Waals surface area contributed by atoms with Gasteiger partial charge in [0.25, 0.3) is 17.5 Å². The van der Waals surface area contributed by atoms with E-state index in [9.17, 15) is 24.5 Å². The molecule has 0 fully saturated rings. The Labute approximate surface area is 148 Å². The Morgan fingerprint density at radius 2 is 1.85 bits per heavy atom. The van der Waals surface area contributed by atoms with Gasteiger partial charge in [0.15, 0.2) is 0 Å². The van der Waals surface area contributed by atoms with Crippen LogP contribution in [-0.4, -0.2) is 40.8 Å². The molecule has 0 saturated heterocycles. The molecule has 8 heteroatoms. The first-order valence-corrected chi connectivity index (χ1v) is 8.17. The zero-order valence-electron chi connectivity index (χ0n) is 14.1. The highest BCUT2D eigenvalue weighted by Crippen LogP contribution is 2.35. The summed E-state index contributed by atoms with van der Waals surface area (Å²) in [6.45, 7) is 2.05. The summed E-state index contributed by atoms with van der Waals surface area (Å²) in [5.74, 6) is -1.42. The van der Waals surface area contributed by atoms with Gasteiger partial charge in [0.2, 0.25) is 0 Å². The van der Waals surface area contributed by atoms with Crippen LogP contribution in [0.1, 0.15) is 40.5 Å². The molecule has 0 radical (unpaired) electrons. The van der Waals surface area contributed by atoms with Crippen molar-refractivity contribution in [3.05, 3.63) is 51.6 Å². The molecule has 2 aromatic rings. The van der Waals surface area contributed by atoms with E-state index >= 15 is 0 Å². The van der Waals surface area contributed by atoms with Crippen LogP contribution < -0.4 is 0 Å². The van der Waals surface area contributed by atoms with Gasteiger partial charge in [0.1, 0.15) is 0 Å². The van der Waals surface area contributed by atoms with Gasteiger partial charge < -0.3 is 4.74 Å². The van der Waals surface area contributed by atoms with Gasteiger partial charge in [-0.15, -0.1) is 0 Å². The number of nitrogens with zero attached hydrogens (tertiary/aromatic N) is 2. The minimum absolute atomic E-state index is 0.0727. The van der Waals surface area contributed by atoms with E-state index in [1.807, 2.05) is 0 Å². The molecule has 1 aliphatic heterocycles. The molecule has 0 N–H and O–H groups in total. The van der Waals surface area contributed by atoms with E-state index in [4.69, 9.17) is 4.74 Å². The summed E-state index contributed by atoms with van der Waals surface area (Å²) >= 11 is 0. The van der Waals surface area contributed by atoms with E-state index in [-0.39, 0.29) is 54.2 Å². The summed E-state index contributed by atoms with van der Waals surface area (Å²) in [7, 11) is 0. The molecule has 26 heavy (non-hydrogen) atoms. The van der Waals surface area contributed by atoms with Crippen molar-refractivity contribution < 1.29 is 24.0 Å². The van der Waals surface area contributed by atoms with Crippen molar-refractivity contribution in [2.24, 2.45) is 0 Å². The van der Waals surface area contributed by atoms with E-state index in [1.165, 1.54) is 18.2 Å². The smallest absolute Gasteiger partial charge is 0.305 e. The van der Waals surface area contributed by atoms with E-state index in [0.29, 0.717) is 5.39 Å². The average Bonchev–Trinajstić information content (AvgIpc) is 2.62. The molecular formula is C18H16N2O6. The number of esters is 1. The van der Waals surface area contributed by atoms with Crippen LogP contribution in [0.15, 0.2) is 30.3 Å². The molecule has 0 spiro atoms. The Morgan fingerprint density at radius 3 is 2.50 bits per heavy atom. The van der Waals surface area contributed by atoms with Crippen LogP contribution in [0.5, 0.6) is 0 Å². The van der Waals surface area contributed by atoms with Crippen LogP contribution in [0.25, 0.3) is 10.8 Å². The topological polar surface area (TPSA) is 107 Å². The lowest BCUT2D eigenvalue weighted by atomic mass is 9.93. The number of carbonyl (C=O) groups excluding carboxylic acids is 3. The predicted molar refractivity (Wildman–Crippen MR) is 91.8 cm³/mol. The maximum Gasteiger partial charge on any atom is 0.305 e. The Hall–Kier alpha value is -3.29. The molecule has 0 saturated carbocycles. The van der Waals surface area contributed by atoms with E-state index in [2.05, 4.69) is 0 Å². The average molecular weight is 356 g/mol. The summed E-state index contributed by atoms with van der Waals surface area (Å²) in [5, 5.41) is 11.8. The highest BCUT2D eigenvalue weighted by Gasteiger charge is 2.34. The number of imide groups is 1. The van der Waals surface area contributed by atoms with Crippen molar-refractivity contribution in [2.45, 2.75) is 19.8 Å². The van der Waals surface area contributed by atoms with Gasteiger partial charge in [-0.1, -0.05) is 6.07 Å². The second-order valence-electron chi connectivity index (χ2n) is 5.79. The molecule has 0 unspecified atom stereocenters. The number of nitro groups is 1. The minimum atomic E-state index is -0.538. The van der Waals surface area contributed by atoms with Crippen molar-refractivity contribution in [2.75, 3.05) is 13.2 Å². The molecule has 134 valence electrons. The van der Waals surface area contributed by atoms with Gasteiger partial charge in [0.05, 0.1) is 16.9 Å². The highest BCUT2D eigenvalue weighted by atomic mass is 16.6. The highest BCUT2D eigenvalue weighted by molar-refractivity contribution is 6.26. The summed E-state index contributed by atoms with van der Waals surface area (Å²) < 4.78 is 4.83. The second kappa shape index (κ2) is 6.91. The van der Waals surface area contributed by atoms with Crippen molar-refractivity contribution in [3.8, 4) is 0 Å². The summed E-state index contributed by atoms with van der Waals surface area (Å²) in [4.78, 5) is 48.6. The van der Waals surface area contributed by atoms with Gasteiger partial charge in [-0.05, 0) is 31.5 Å². The Morgan fingerprint density at radius 1 is 1.15 bits per heavy atom. The molecule has 1 aliphatic rings. The number of amides is 2. The molecule has 2 aromatic carbocycles. The van der Waals surface area contributed by atoms with Crippen molar-refractivity contribution in [1.82, 2.24) is 4.90 Å². The lowest BCUT2D eigenvalue weighted by molar-refractivity contribution is -0.383. The lowest BCUT2D eigenvalue weighted by Crippen LogP contribution is -2.41. The van der Waals surface area contributed by atoms with E-state index in [1.54, 1.807) is 19.1 Å². The van der Waals surface area contributed by atoms with E-state index < -0.39 is 16.7 Å².